The Kier molecular flexibility index (Phi) is 7.15. The number of halogens is 1. The van der Waals surface area contributed by atoms with Gasteiger partial charge in [-0.15, -0.1) is 0 Å². The lowest BCUT2D eigenvalue weighted by molar-refractivity contribution is -0.145. The van der Waals surface area contributed by atoms with E-state index in [1.807, 2.05) is 6.92 Å². The van der Waals surface area contributed by atoms with Crippen molar-refractivity contribution in [3.05, 3.63) is 58.7 Å². The summed E-state index contributed by atoms with van der Waals surface area (Å²) in [4.78, 5) is 37.7. The molecule has 0 saturated carbocycles. The SMILES string of the molecule is CCOC(=O)COc1ccc(C=C2NC(=O)N(c3cccc(Cl)c3)C2=O)cc1OCC. The Morgan fingerprint density at radius 2 is 1.87 bits per heavy atom. The van der Waals surface area contributed by atoms with Gasteiger partial charge in [0.2, 0.25) is 0 Å². The van der Waals surface area contributed by atoms with Gasteiger partial charge >= 0.3 is 12.0 Å². The number of benzene rings is 2. The van der Waals surface area contributed by atoms with Crippen molar-refractivity contribution in [3.63, 3.8) is 0 Å². The molecule has 0 unspecified atom stereocenters. The summed E-state index contributed by atoms with van der Waals surface area (Å²) in [6.07, 6.45) is 1.53. The highest BCUT2D eigenvalue weighted by atomic mass is 35.5. The number of urea groups is 1. The molecular formula is C22H21ClN2O6. The number of amides is 3. The van der Waals surface area contributed by atoms with E-state index in [-0.39, 0.29) is 18.9 Å². The number of nitrogens with zero attached hydrogens (tertiary/aromatic N) is 1. The van der Waals surface area contributed by atoms with Crippen molar-refractivity contribution in [2.24, 2.45) is 0 Å². The van der Waals surface area contributed by atoms with Gasteiger partial charge in [-0.2, -0.15) is 0 Å². The molecule has 0 radical (unpaired) electrons. The number of nitrogens with one attached hydrogen (secondary N) is 1. The summed E-state index contributed by atoms with van der Waals surface area (Å²) >= 11 is 5.97. The number of rotatable bonds is 8. The Balaban J connectivity index is 1.82. The second-order valence-corrected chi connectivity index (χ2v) is 6.78. The normalized spacial score (nSPS) is 14.5. The molecule has 2 aromatic carbocycles. The number of hydrogen-bond donors (Lipinski definition) is 1. The minimum Gasteiger partial charge on any atom is -0.490 e. The topological polar surface area (TPSA) is 94.2 Å². The predicted octanol–water partition coefficient (Wildman–Crippen LogP) is 3.78. The second-order valence-electron chi connectivity index (χ2n) is 6.34. The smallest absolute Gasteiger partial charge is 0.344 e. The summed E-state index contributed by atoms with van der Waals surface area (Å²) in [6.45, 7) is 3.90. The van der Waals surface area contributed by atoms with E-state index >= 15 is 0 Å². The first-order valence-electron chi connectivity index (χ1n) is 9.61. The largest absolute Gasteiger partial charge is 0.490 e. The van der Waals surface area contributed by atoms with Crippen LogP contribution in [0.3, 0.4) is 0 Å². The molecule has 162 valence electrons. The predicted molar refractivity (Wildman–Crippen MR) is 115 cm³/mol. The van der Waals surface area contributed by atoms with Gasteiger partial charge in [0.15, 0.2) is 18.1 Å². The third kappa shape index (κ3) is 5.35. The maximum absolute atomic E-state index is 12.8. The van der Waals surface area contributed by atoms with Crippen LogP contribution < -0.4 is 19.7 Å². The molecule has 8 nitrogen and oxygen atoms in total. The van der Waals surface area contributed by atoms with E-state index < -0.39 is 17.9 Å². The second kappa shape index (κ2) is 9.99. The van der Waals surface area contributed by atoms with Crippen molar-refractivity contribution in [1.29, 1.82) is 0 Å². The standard InChI is InChI=1S/C22H21ClN2O6/c1-3-29-19-11-14(8-9-18(19)31-13-20(26)30-4-2)10-17-21(27)25(22(28)24-17)16-7-5-6-15(23)12-16/h5-12H,3-4,13H2,1-2H3,(H,24,28). The molecule has 1 aliphatic rings. The van der Waals surface area contributed by atoms with E-state index in [2.05, 4.69) is 5.32 Å². The number of carbonyl (C=O) groups is 3. The van der Waals surface area contributed by atoms with Crippen molar-refractivity contribution < 1.29 is 28.6 Å². The number of imide groups is 1. The molecule has 0 aromatic heterocycles. The summed E-state index contributed by atoms with van der Waals surface area (Å²) in [7, 11) is 0. The molecule has 0 bridgehead atoms. The van der Waals surface area contributed by atoms with E-state index in [0.29, 0.717) is 34.4 Å². The lowest BCUT2D eigenvalue weighted by Gasteiger charge is -2.12. The van der Waals surface area contributed by atoms with Crippen LogP contribution in [0.4, 0.5) is 10.5 Å². The van der Waals surface area contributed by atoms with Crippen LogP contribution >= 0.6 is 11.6 Å². The van der Waals surface area contributed by atoms with Crippen LogP contribution in [0.2, 0.25) is 5.02 Å². The zero-order chi connectivity index (χ0) is 22.4. The van der Waals surface area contributed by atoms with Crippen LogP contribution in [-0.4, -0.2) is 37.7 Å². The summed E-state index contributed by atoms with van der Waals surface area (Å²) in [5.74, 6) is -0.242. The Bertz CT molecular complexity index is 1040. The van der Waals surface area contributed by atoms with Gasteiger partial charge < -0.3 is 19.5 Å². The Hall–Kier alpha value is -3.52. The highest BCUT2D eigenvalue weighted by Crippen LogP contribution is 2.30. The van der Waals surface area contributed by atoms with Gasteiger partial charge in [0, 0.05) is 5.02 Å². The molecular weight excluding hydrogens is 424 g/mol. The summed E-state index contributed by atoms with van der Waals surface area (Å²) < 4.78 is 15.9. The highest BCUT2D eigenvalue weighted by molar-refractivity contribution is 6.32. The minimum atomic E-state index is -0.571. The number of hydrogen-bond acceptors (Lipinski definition) is 6. The zero-order valence-corrected chi connectivity index (χ0v) is 17.8. The molecule has 1 fully saturated rings. The molecule has 2 aromatic rings. The van der Waals surface area contributed by atoms with Crippen LogP contribution in [0, 0.1) is 0 Å². The van der Waals surface area contributed by atoms with E-state index in [1.165, 1.54) is 12.1 Å². The van der Waals surface area contributed by atoms with Crippen LogP contribution in [0.5, 0.6) is 11.5 Å². The van der Waals surface area contributed by atoms with Crippen LogP contribution in [0.1, 0.15) is 19.4 Å². The molecule has 31 heavy (non-hydrogen) atoms. The highest BCUT2D eigenvalue weighted by Gasteiger charge is 2.35. The van der Waals surface area contributed by atoms with Crippen LogP contribution in [0.25, 0.3) is 6.08 Å². The van der Waals surface area contributed by atoms with Crippen molar-refractivity contribution in [3.8, 4) is 11.5 Å². The van der Waals surface area contributed by atoms with Gasteiger partial charge in [-0.3, -0.25) is 4.79 Å². The maximum Gasteiger partial charge on any atom is 0.344 e. The first-order valence-corrected chi connectivity index (χ1v) is 9.98. The number of ether oxygens (including phenoxy) is 3. The zero-order valence-electron chi connectivity index (χ0n) is 17.0. The molecule has 3 amide bonds. The first kappa shape index (κ1) is 22.2. The fraction of sp³-hybridized carbons (Fsp3) is 0.227. The number of anilines is 1. The molecule has 1 heterocycles. The molecule has 1 aliphatic heterocycles. The first-order chi connectivity index (χ1) is 14.9. The lowest BCUT2D eigenvalue weighted by atomic mass is 10.1. The van der Waals surface area contributed by atoms with Crippen molar-refractivity contribution in [2.45, 2.75) is 13.8 Å². The van der Waals surface area contributed by atoms with Gasteiger partial charge in [-0.05, 0) is 55.8 Å². The van der Waals surface area contributed by atoms with Gasteiger partial charge in [-0.25, -0.2) is 14.5 Å². The Morgan fingerprint density at radius 3 is 2.58 bits per heavy atom. The monoisotopic (exact) mass is 444 g/mol. The van der Waals surface area contributed by atoms with E-state index in [1.54, 1.807) is 43.3 Å². The Morgan fingerprint density at radius 1 is 1.06 bits per heavy atom. The fourth-order valence-electron chi connectivity index (χ4n) is 2.89. The van der Waals surface area contributed by atoms with E-state index in [0.717, 1.165) is 4.90 Å². The molecule has 3 rings (SSSR count). The number of esters is 1. The quantitative estimate of drug-likeness (QED) is 0.378. The van der Waals surface area contributed by atoms with Gasteiger partial charge in [0.05, 0.1) is 18.9 Å². The van der Waals surface area contributed by atoms with Crippen LogP contribution in [0.15, 0.2) is 48.2 Å². The van der Waals surface area contributed by atoms with Gasteiger partial charge in [0.1, 0.15) is 5.70 Å². The summed E-state index contributed by atoms with van der Waals surface area (Å²) in [5.41, 5.74) is 1.08. The Labute approximate surface area is 184 Å². The third-order valence-corrected chi connectivity index (χ3v) is 4.41. The third-order valence-electron chi connectivity index (χ3n) is 4.17. The average Bonchev–Trinajstić information content (AvgIpc) is 3.01. The summed E-state index contributed by atoms with van der Waals surface area (Å²) in [5, 5.41) is 2.97. The molecule has 1 N–H and O–H groups in total. The summed E-state index contributed by atoms with van der Waals surface area (Å²) in [6, 6.07) is 10.8. The molecule has 1 saturated heterocycles. The number of carbonyl (C=O) groups excluding carboxylic acids is 3. The van der Waals surface area contributed by atoms with E-state index in [4.69, 9.17) is 25.8 Å². The molecule has 9 heteroatoms. The molecule has 0 spiro atoms. The van der Waals surface area contributed by atoms with Crippen molar-refractivity contribution >= 4 is 41.3 Å². The van der Waals surface area contributed by atoms with Crippen molar-refractivity contribution in [2.75, 3.05) is 24.7 Å². The van der Waals surface area contributed by atoms with Crippen LogP contribution in [-0.2, 0) is 14.3 Å². The van der Waals surface area contributed by atoms with Crippen molar-refractivity contribution in [1.82, 2.24) is 5.32 Å². The minimum absolute atomic E-state index is 0.104. The molecule has 0 aliphatic carbocycles. The maximum atomic E-state index is 12.8. The van der Waals surface area contributed by atoms with Gasteiger partial charge in [-0.1, -0.05) is 23.7 Å². The molecule has 0 atom stereocenters. The average molecular weight is 445 g/mol. The lowest BCUT2D eigenvalue weighted by Crippen LogP contribution is -2.30. The fourth-order valence-corrected chi connectivity index (χ4v) is 3.08. The van der Waals surface area contributed by atoms with Gasteiger partial charge in [0.25, 0.3) is 5.91 Å². The van der Waals surface area contributed by atoms with E-state index in [9.17, 15) is 14.4 Å².